The third kappa shape index (κ3) is 4.73. The van der Waals surface area contributed by atoms with Crippen LogP contribution in [0, 0.1) is 6.92 Å². The van der Waals surface area contributed by atoms with Gasteiger partial charge in [0.25, 0.3) is 0 Å². The van der Waals surface area contributed by atoms with Crippen molar-refractivity contribution in [1.29, 1.82) is 0 Å². The Bertz CT molecular complexity index is 451. The smallest absolute Gasteiger partial charge is 0.305 e. The number of aryl methyl sites for hydroxylation is 1. The summed E-state index contributed by atoms with van der Waals surface area (Å²) in [6.45, 7) is 4.57. The molecule has 19 heavy (non-hydrogen) atoms. The van der Waals surface area contributed by atoms with E-state index in [4.69, 9.17) is 4.74 Å². The molecule has 0 aliphatic heterocycles. The summed E-state index contributed by atoms with van der Waals surface area (Å²) in [5.41, 5.74) is 1.50. The summed E-state index contributed by atoms with van der Waals surface area (Å²) in [6, 6.07) is 5.38. The van der Waals surface area contributed by atoms with E-state index in [1.807, 2.05) is 19.9 Å². The monoisotopic (exact) mass is 264 g/mol. The first-order chi connectivity index (χ1) is 9.08. The number of carbonyl (C=O) groups is 2. The highest BCUT2D eigenvalue weighted by atomic mass is 16.5. The highest BCUT2D eigenvalue weighted by Gasteiger charge is 2.12. The summed E-state index contributed by atoms with van der Waals surface area (Å²) in [5, 5.41) is 0. The van der Waals surface area contributed by atoms with Crippen LogP contribution >= 0.6 is 0 Å². The predicted molar refractivity (Wildman–Crippen MR) is 72.5 cm³/mol. The van der Waals surface area contributed by atoms with Gasteiger partial charge < -0.3 is 9.47 Å². The minimum absolute atomic E-state index is 0.0510. The van der Waals surface area contributed by atoms with E-state index in [1.165, 1.54) is 7.11 Å². The van der Waals surface area contributed by atoms with Crippen LogP contribution in [0.4, 0.5) is 0 Å². The first-order valence-electron chi connectivity index (χ1n) is 6.42. The summed E-state index contributed by atoms with van der Waals surface area (Å²) in [6.07, 6.45) is 1.23. The van der Waals surface area contributed by atoms with Gasteiger partial charge in [-0.3, -0.25) is 9.59 Å². The first kappa shape index (κ1) is 15.2. The molecule has 0 fully saturated rings. The van der Waals surface area contributed by atoms with Crippen LogP contribution in [-0.4, -0.2) is 25.5 Å². The van der Waals surface area contributed by atoms with E-state index in [-0.39, 0.29) is 24.6 Å². The van der Waals surface area contributed by atoms with Gasteiger partial charge in [0.2, 0.25) is 0 Å². The van der Waals surface area contributed by atoms with E-state index >= 15 is 0 Å². The van der Waals surface area contributed by atoms with E-state index in [0.717, 1.165) is 17.7 Å². The highest BCUT2D eigenvalue weighted by molar-refractivity contribution is 5.98. The lowest BCUT2D eigenvalue weighted by atomic mass is 10.0. The van der Waals surface area contributed by atoms with E-state index in [9.17, 15) is 9.59 Å². The molecule has 1 aromatic carbocycles. The molecule has 0 atom stereocenters. The second-order valence-corrected chi connectivity index (χ2v) is 4.32. The van der Waals surface area contributed by atoms with Crippen molar-refractivity contribution < 1.29 is 19.1 Å². The summed E-state index contributed by atoms with van der Waals surface area (Å²) in [5.74, 6) is 0.350. The number of hydrogen-bond acceptors (Lipinski definition) is 4. The number of rotatable bonds is 7. The predicted octanol–water partition coefficient (Wildman–Crippen LogP) is 2.92. The first-order valence-corrected chi connectivity index (χ1v) is 6.42. The van der Waals surface area contributed by atoms with E-state index in [2.05, 4.69) is 4.74 Å². The Labute approximate surface area is 113 Å². The van der Waals surface area contributed by atoms with Crippen LogP contribution in [0.15, 0.2) is 18.2 Å². The molecule has 0 aliphatic rings. The fraction of sp³-hybridized carbons (Fsp3) is 0.467. The van der Waals surface area contributed by atoms with Crippen LogP contribution in [-0.2, 0) is 9.53 Å². The number of methoxy groups -OCH3 is 1. The maximum absolute atomic E-state index is 12.0. The second-order valence-electron chi connectivity index (χ2n) is 4.32. The molecule has 0 amide bonds. The molecule has 0 aliphatic carbocycles. The molecule has 0 unspecified atom stereocenters. The molecule has 0 radical (unpaired) electrons. The number of hydrogen-bond donors (Lipinski definition) is 0. The molecule has 0 aromatic heterocycles. The van der Waals surface area contributed by atoms with Crippen molar-refractivity contribution in [3.8, 4) is 5.75 Å². The average Bonchev–Trinajstić information content (AvgIpc) is 2.42. The number of esters is 1. The zero-order valence-electron chi connectivity index (χ0n) is 11.7. The van der Waals surface area contributed by atoms with Gasteiger partial charge in [-0.15, -0.1) is 0 Å². The van der Waals surface area contributed by atoms with Crippen LogP contribution in [0.2, 0.25) is 0 Å². The Morgan fingerprint density at radius 3 is 2.53 bits per heavy atom. The van der Waals surface area contributed by atoms with Crippen molar-refractivity contribution in [2.24, 2.45) is 0 Å². The van der Waals surface area contributed by atoms with Gasteiger partial charge in [0.15, 0.2) is 5.78 Å². The maximum Gasteiger partial charge on any atom is 0.305 e. The van der Waals surface area contributed by atoms with Crippen molar-refractivity contribution in [1.82, 2.24) is 0 Å². The van der Waals surface area contributed by atoms with Gasteiger partial charge in [0, 0.05) is 12.0 Å². The fourth-order valence-corrected chi connectivity index (χ4v) is 1.71. The molecule has 104 valence electrons. The third-order valence-corrected chi connectivity index (χ3v) is 2.75. The summed E-state index contributed by atoms with van der Waals surface area (Å²) in [7, 11) is 1.32. The number of benzene rings is 1. The quantitative estimate of drug-likeness (QED) is 0.561. The fourth-order valence-electron chi connectivity index (χ4n) is 1.71. The summed E-state index contributed by atoms with van der Waals surface area (Å²) in [4.78, 5) is 23.0. The van der Waals surface area contributed by atoms with Gasteiger partial charge in [-0.05, 0) is 37.1 Å². The molecule has 0 saturated heterocycles. The lowest BCUT2D eigenvalue weighted by Gasteiger charge is -2.09. The SMILES string of the molecule is CCCOc1ccc(C(=O)CCC(=O)OC)c(C)c1. The minimum Gasteiger partial charge on any atom is -0.494 e. The van der Waals surface area contributed by atoms with Gasteiger partial charge in [-0.2, -0.15) is 0 Å². The third-order valence-electron chi connectivity index (χ3n) is 2.75. The van der Waals surface area contributed by atoms with Crippen molar-refractivity contribution >= 4 is 11.8 Å². The van der Waals surface area contributed by atoms with Crippen molar-refractivity contribution in [3.05, 3.63) is 29.3 Å². The Balaban J connectivity index is 2.67. The molecule has 0 spiro atoms. The zero-order chi connectivity index (χ0) is 14.3. The van der Waals surface area contributed by atoms with Crippen LogP contribution < -0.4 is 4.74 Å². The van der Waals surface area contributed by atoms with Crippen LogP contribution in [0.25, 0.3) is 0 Å². The van der Waals surface area contributed by atoms with Crippen molar-refractivity contribution in [3.63, 3.8) is 0 Å². The topological polar surface area (TPSA) is 52.6 Å². The summed E-state index contributed by atoms with van der Waals surface area (Å²) < 4.78 is 10.0. The van der Waals surface area contributed by atoms with Crippen LogP contribution in [0.5, 0.6) is 5.75 Å². The number of ketones is 1. The van der Waals surface area contributed by atoms with Crippen molar-refractivity contribution in [2.45, 2.75) is 33.1 Å². The zero-order valence-corrected chi connectivity index (χ0v) is 11.7. The number of Topliss-reactive ketones (excluding diaryl/α,β-unsaturated/α-hetero) is 1. The van der Waals surface area contributed by atoms with Crippen LogP contribution in [0.1, 0.15) is 42.1 Å². The molecule has 4 nitrogen and oxygen atoms in total. The van der Waals surface area contributed by atoms with Gasteiger partial charge in [0.05, 0.1) is 20.1 Å². The Kier molecular flexibility index (Phi) is 6.06. The Morgan fingerprint density at radius 1 is 1.21 bits per heavy atom. The van der Waals surface area contributed by atoms with Crippen molar-refractivity contribution in [2.75, 3.05) is 13.7 Å². The largest absolute Gasteiger partial charge is 0.494 e. The standard InChI is InChI=1S/C15H20O4/c1-4-9-19-12-5-6-13(11(2)10-12)14(16)7-8-15(17)18-3/h5-6,10H,4,7-9H2,1-3H3. The van der Waals surface area contributed by atoms with Gasteiger partial charge >= 0.3 is 5.97 Å². The molecule has 1 rings (SSSR count). The Hall–Kier alpha value is -1.84. The lowest BCUT2D eigenvalue weighted by Crippen LogP contribution is -2.07. The Morgan fingerprint density at radius 2 is 1.95 bits per heavy atom. The number of carbonyl (C=O) groups excluding carboxylic acids is 2. The normalized spacial score (nSPS) is 10.1. The van der Waals surface area contributed by atoms with E-state index < -0.39 is 0 Å². The second kappa shape index (κ2) is 7.56. The molecular weight excluding hydrogens is 244 g/mol. The molecule has 1 aromatic rings. The summed E-state index contributed by atoms with van der Waals surface area (Å²) >= 11 is 0. The molecule has 4 heteroatoms. The number of ether oxygens (including phenoxy) is 2. The van der Waals surface area contributed by atoms with E-state index in [0.29, 0.717) is 12.2 Å². The molecule has 0 saturated carbocycles. The lowest BCUT2D eigenvalue weighted by molar-refractivity contribution is -0.140. The van der Waals surface area contributed by atoms with Gasteiger partial charge in [0.1, 0.15) is 5.75 Å². The molecular formula is C15H20O4. The molecule has 0 heterocycles. The average molecular weight is 264 g/mol. The maximum atomic E-state index is 12.0. The van der Waals surface area contributed by atoms with Gasteiger partial charge in [-0.25, -0.2) is 0 Å². The van der Waals surface area contributed by atoms with Gasteiger partial charge in [-0.1, -0.05) is 6.92 Å². The molecule has 0 N–H and O–H groups in total. The van der Waals surface area contributed by atoms with E-state index in [1.54, 1.807) is 12.1 Å². The highest BCUT2D eigenvalue weighted by Crippen LogP contribution is 2.19. The minimum atomic E-state index is -0.367. The van der Waals surface area contributed by atoms with Crippen LogP contribution in [0.3, 0.4) is 0 Å². The molecule has 0 bridgehead atoms.